The van der Waals surface area contributed by atoms with E-state index in [1.807, 2.05) is 6.92 Å². The number of aromatic nitrogens is 3. The van der Waals surface area contributed by atoms with Gasteiger partial charge >= 0.3 is 0 Å². The van der Waals surface area contributed by atoms with E-state index < -0.39 is 10.5 Å². The van der Waals surface area contributed by atoms with E-state index in [2.05, 4.69) is 22.2 Å². The predicted octanol–water partition coefficient (Wildman–Crippen LogP) is 5.10. The molecule has 1 aliphatic carbocycles. The van der Waals surface area contributed by atoms with Crippen LogP contribution in [0.1, 0.15) is 25.3 Å². The summed E-state index contributed by atoms with van der Waals surface area (Å²) in [5.41, 5.74) is 2.14. The molecule has 2 aliphatic rings. The molecule has 218 valence electrons. The van der Waals surface area contributed by atoms with Crippen molar-refractivity contribution >= 4 is 34.3 Å². The van der Waals surface area contributed by atoms with Crippen molar-refractivity contribution in [3.8, 4) is 28.3 Å². The summed E-state index contributed by atoms with van der Waals surface area (Å²) in [5, 5.41) is 15.8. The third kappa shape index (κ3) is 4.72. The van der Waals surface area contributed by atoms with Gasteiger partial charge in [-0.05, 0) is 55.5 Å². The quantitative estimate of drug-likeness (QED) is 0.220. The van der Waals surface area contributed by atoms with E-state index in [1.54, 1.807) is 30.5 Å². The van der Waals surface area contributed by atoms with E-state index in [-0.39, 0.29) is 22.3 Å². The van der Waals surface area contributed by atoms with Crippen molar-refractivity contribution in [2.24, 2.45) is 5.41 Å². The number of benzene rings is 2. The molecular weight excluding hydrogens is 560 g/mol. The number of pyridine rings is 1. The Hall–Kier alpha value is -4.22. The standard InChI is InChI=1S/C30H31ClN6O5/c1-5-17-8-20(37(39)40)6-7-24(17)36-27-18(14-32-29(34-27)33-19-12-30(13-19)15-35(2)16-30)9-23(28(36)38)22-10-21(41-3)11-25(42-4)26(22)31/h6-11,14,19H,5,12-13,15-16H2,1-4H3,(H,32,33,34). The van der Waals surface area contributed by atoms with Gasteiger partial charge in [0.05, 0.1) is 35.4 Å². The Morgan fingerprint density at radius 1 is 1.14 bits per heavy atom. The summed E-state index contributed by atoms with van der Waals surface area (Å²) in [7, 11) is 5.14. The predicted molar refractivity (Wildman–Crippen MR) is 161 cm³/mol. The van der Waals surface area contributed by atoms with Crippen molar-refractivity contribution < 1.29 is 14.4 Å². The van der Waals surface area contributed by atoms with Gasteiger partial charge in [0.15, 0.2) is 5.65 Å². The minimum Gasteiger partial charge on any atom is -0.497 e. The molecule has 0 atom stereocenters. The zero-order chi connectivity index (χ0) is 29.8. The van der Waals surface area contributed by atoms with Crippen LogP contribution in [0.4, 0.5) is 11.6 Å². The number of methoxy groups -OCH3 is 2. The molecule has 4 aromatic rings. The van der Waals surface area contributed by atoms with Crippen molar-refractivity contribution in [1.29, 1.82) is 0 Å². The smallest absolute Gasteiger partial charge is 0.269 e. The molecule has 0 unspecified atom stereocenters. The third-order valence-corrected chi connectivity index (χ3v) is 8.69. The van der Waals surface area contributed by atoms with Crippen LogP contribution < -0.4 is 20.3 Å². The molecule has 3 heterocycles. The van der Waals surface area contributed by atoms with Crippen LogP contribution in [-0.4, -0.2) is 64.8 Å². The van der Waals surface area contributed by atoms with Crippen LogP contribution in [0.5, 0.6) is 11.5 Å². The number of nitrogens with one attached hydrogen (secondary N) is 1. The normalized spacial score (nSPS) is 16.2. The minimum atomic E-state index is -0.446. The first-order chi connectivity index (χ1) is 20.1. The van der Waals surface area contributed by atoms with Crippen molar-refractivity contribution in [1.82, 2.24) is 19.4 Å². The van der Waals surface area contributed by atoms with Crippen LogP contribution in [0.3, 0.4) is 0 Å². The van der Waals surface area contributed by atoms with Crippen molar-refractivity contribution in [3.05, 3.63) is 73.6 Å². The second-order valence-electron chi connectivity index (χ2n) is 11.2. The number of rotatable bonds is 8. The lowest BCUT2D eigenvalue weighted by Gasteiger charge is -2.58. The van der Waals surface area contributed by atoms with Crippen LogP contribution in [0.15, 0.2) is 47.4 Å². The number of hydrogen-bond donors (Lipinski definition) is 1. The largest absolute Gasteiger partial charge is 0.497 e. The lowest BCUT2D eigenvalue weighted by atomic mass is 9.61. The Morgan fingerprint density at radius 2 is 1.90 bits per heavy atom. The molecule has 2 aromatic carbocycles. The third-order valence-electron chi connectivity index (χ3n) is 8.30. The number of aryl methyl sites for hydroxylation is 1. The van der Waals surface area contributed by atoms with E-state index in [0.29, 0.717) is 57.1 Å². The number of nitro benzene ring substituents is 1. The van der Waals surface area contributed by atoms with Gasteiger partial charge < -0.3 is 19.7 Å². The van der Waals surface area contributed by atoms with Gasteiger partial charge in [0, 0.05) is 54.5 Å². The van der Waals surface area contributed by atoms with Gasteiger partial charge in [-0.1, -0.05) is 18.5 Å². The first-order valence-electron chi connectivity index (χ1n) is 13.7. The summed E-state index contributed by atoms with van der Waals surface area (Å²) in [6.07, 6.45) is 4.22. The van der Waals surface area contributed by atoms with E-state index in [9.17, 15) is 14.9 Å². The summed E-state index contributed by atoms with van der Waals surface area (Å²) in [4.78, 5) is 37.2. The summed E-state index contributed by atoms with van der Waals surface area (Å²) in [6, 6.07) is 9.75. The Bertz CT molecular complexity index is 1780. The molecule has 12 heteroatoms. The van der Waals surface area contributed by atoms with E-state index in [4.69, 9.17) is 26.1 Å². The van der Waals surface area contributed by atoms with Crippen LogP contribution in [0.2, 0.25) is 5.02 Å². The SMILES string of the molecule is CCc1cc([N+](=O)[O-])ccc1-n1c(=O)c(-c2cc(OC)cc(OC)c2Cl)cc2cnc(NC3CC4(C3)CN(C)C4)nc21. The number of fused-ring (bicyclic) bond motifs is 1. The Labute approximate surface area is 247 Å². The molecule has 1 spiro atoms. The molecule has 2 aromatic heterocycles. The van der Waals surface area contributed by atoms with Crippen molar-refractivity contribution in [3.63, 3.8) is 0 Å². The second kappa shape index (κ2) is 10.6. The monoisotopic (exact) mass is 590 g/mol. The van der Waals surface area contributed by atoms with Gasteiger partial charge in [0.1, 0.15) is 11.5 Å². The zero-order valence-electron chi connectivity index (χ0n) is 23.8. The maximum absolute atomic E-state index is 14.4. The molecule has 6 rings (SSSR count). The average Bonchev–Trinajstić information content (AvgIpc) is 2.95. The first-order valence-corrected chi connectivity index (χ1v) is 14.1. The molecule has 1 saturated heterocycles. The fourth-order valence-electron chi connectivity index (χ4n) is 6.43. The molecule has 0 radical (unpaired) electrons. The van der Waals surface area contributed by atoms with Crippen LogP contribution in [0, 0.1) is 15.5 Å². The van der Waals surface area contributed by atoms with Gasteiger partial charge in [0.25, 0.3) is 11.2 Å². The van der Waals surface area contributed by atoms with Gasteiger partial charge in [-0.3, -0.25) is 19.5 Å². The van der Waals surface area contributed by atoms with E-state index in [1.165, 1.54) is 30.9 Å². The maximum atomic E-state index is 14.4. The fourth-order valence-corrected chi connectivity index (χ4v) is 6.72. The zero-order valence-corrected chi connectivity index (χ0v) is 24.6. The Kier molecular flexibility index (Phi) is 7.02. The number of non-ortho nitro benzene ring substituents is 1. The van der Waals surface area contributed by atoms with Gasteiger partial charge in [-0.2, -0.15) is 4.98 Å². The van der Waals surface area contributed by atoms with Crippen LogP contribution in [0.25, 0.3) is 27.8 Å². The van der Waals surface area contributed by atoms with E-state index >= 15 is 0 Å². The Balaban J connectivity index is 1.53. The highest BCUT2D eigenvalue weighted by Gasteiger charge is 2.51. The highest BCUT2D eigenvalue weighted by atomic mass is 35.5. The maximum Gasteiger partial charge on any atom is 0.269 e. The number of ether oxygens (including phenoxy) is 2. The minimum absolute atomic E-state index is 0.0535. The number of nitro groups is 1. The second-order valence-corrected chi connectivity index (χ2v) is 11.6. The molecule has 1 aliphatic heterocycles. The summed E-state index contributed by atoms with van der Waals surface area (Å²) in [6.45, 7) is 4.09. The summed E-state index contributed by atoms with van der Waals surface area (Å²) >= 11 is 6.71. The van der Waals surface area contributed by atoms with Gasteiger partial charge in [0.2, 0.25) is 5.95 Å². The fraction of sp³-hybridized carbons (Fsp3) is 0.367. The summed E-state index contributed by atoms with van der Waals surface area (Å²) < 4.78 is 12.4. The first kappa shape index (κ1) is 27.9. The van der Waals surface area contributed by atoms with Crippen molar-refractivity contribution in [2.45, 2.75) is 32.2 Å². The summed E-state index contributed by atoms with van der Waals surface area (Å²) in [5.74, 6) is 1.25. The number of anilines is 1. The van der Waals surface area contributed by atoms with Crippen LogP contribution in [-0.2, 0) is 6.42 Å². The van der Waals surface area contributed by atoms with E-state index in [0.717, 1.165) is 25.9 Å². The highest BCUT2D eigenvalue weighted by molar-refractivity contribution is 6.35. The van der Waals surface area contributed by atoms with Crippen molar-refractivity contribution in [2.75, 3.05) is 39.7 Å². The number of hydrogen-bond acceptors (Lipinski definition) is 9. The molecule has 1 saturated carbocycles. The molecule has 0 bridgehead atoms. The van der Waals surface area contributed by atoms with Crippen LogP contribution >= 0.6 is 11.6 Å². The number of nitrogens with zero attached hydrogens (tertiary/aromatic N) is 5. The number of halogens is 1. The molecule has 2 fully saturated rings. The lowest BCUT2D eigenvalue weighted by Crippen LogP contribution is -2.63. The molecule has 1 N–H and O–H groups in total. The van der Waals surface area contributed by atoms with Gasteiger partial charge in [-0.15, -0.1) is 0 Å². The number of likely N-dealkylation sites (tertiary alicyclic amines) is 1. The molecule has 11 nitrogen and oxygen atoms in total. The molecule has 42 heavy (non-hydrogen) atoms. The lowest BCUT2D eigenvalue weighted by molar-refractivity contribution is -0.384. The highest BCUT2D eigenvalue weighted by Crippen LogP contribution is 2.48. The topological polar surface area (TPSA) is 125 Å². The van der Waals surface area contributed by atoms with Gasteiger partial charge in [-0.25, -0.2) is 4.98 Å². The average molecular weight is 591 g/mol. The molecule has 0 amide bonds. The Morgan fingerprint density at radius 3 is 2.55 bits per heavy atom. The molecular formula is C30H31ClN6O5.